The second-order valence-electron chi connectivity index (χ2n) is 8.09. The first-order valence-electron chi connectivity index (χ1n) is 10.6. The van der Waals surface area contributed by atoms with E-state index in [0.717, 1.165) is 55.8 Å². The van der Waals surface area contributed by atoms with Crippen molar-refractivity contribution in [3.63, 3.8) is 0 Å². The minimum absolute atomic E-state index is 0.0125. The van der Waals surface area contributed by atoms with E-state index in [9.17, 15) is 4.79 Å². The number of hydrogen-bond donors (Lipinski definition) is 3. The standard InChI is InChI=1S/C23H29N7O/c1-29-10-12-30(13-11-29)9-8-20(16-4-2-5-17(24)14-16)28-23-19-7-3-6-18(22(25)31)21(19)26-15-27-23/h2-7,14-15,20H,8-13,24H2,1H3,(H2,25,31)(H,26,27,28)/t20-/m1/s1. The van der Waals surface area contributed by atoms with E-state index in [4.69, 9.17) is 11.5 Å². The highest BCUT2D eigenvalue weighted by atomic mass is 16.1. The van der Waals surface area contributed by atoms with Gasteiger partial charge in [0.15, 0.2) is 0 Å². The lowest BCUT2D eigenvalue weighted by Crippen LogP contribution is -2.45. The summed E-state index contributed by atoms with van der Waals surface area (Å²) in [7, 11) is 2.16. The third-order valence-corrected chi connectivity index (χ3v) is 5.88. The number of rotatable bonds is 7. The predicted molar refractivity (Wildman–Crippen MR) is 124 cm³/mol. The van der Waals surface area contributed by atoms with E-state index in [2.05, 4.69) is 38.2 Å². The first kappa shape index (κ1) is 21.0. The van der Waals surface area contributed by atoms with E-state index in [1.165, 1.54) is 6.33 Å². The smallest absolute Gasteiger partial charge is 0.250 e. The van der Waals surface area contributed by atoms with Gasteiger partial charge in [-0.05, 0) is 43.3 Å². The number of nitrogens with zero attached hydrogens (tertiary/aromatic N) is 4. The van der Waals surface area contributed by atoms with Crippen LogP contribution in [0.3, 0.4) is 0 Å². The molecule has 0 spiro atoms. The van der Waals surface area contributed by atoms with Gasteiger partial charge in [-0.1, -0.05) is 18.2 Å². The number of aromatic nitrogens is 2. The molecule has 1 atom stereocenters. The quantitative estimate of drug-likeness (QED) is 0.503. The average molecular weight is 420 g/mol. The maximum Gasteiger partial charge on any atom is 0.250 e. The van der Waals surface area contributed by atoms with Gasteiger partial charge in [0.25, 0.3) is 5.91 Å². The summed E-state index contributed by atoms with van der Waals surface area (Å²) in [4.78, 5) is 25.4. The van der Waals surface area contributed by atoms with Crippen molar-refractivity contribution in [2.75, 3.05) is 50.8 Å². The number of piperazine rings is 1. The number of carbonyl (C=O) groups is 1. The molecule has 1 aromatic heterocycles. The summed E-state index contributed by atoms with van der Waals surface area (Å²) in [5.41, 5.74) is 14.4. The highest BCUT2D eigenvalue weighted by Gasteiger charge is 2.19. The molecule has 1 saturated heterocycles. The monoisotopic (exact) mass is 419 g/mol. The maximum atomic E-state index is 11.8. The number of primary amides is 1. The van der Waals surface area contributed by atoms with Gasteiger partial charge >= 0.3 is 0 Å². The predicted octanol–water partition coefficient (Wildman–Crippen LogP) is 2.10. The Labute approximate surface area is 182 Å². The van der Waals surface area contributed by atoms with Gasteiger partial charge in [0.2, 0.25) is 0 Å². The number of anilines is 2. The fourth-order valence-electron chi connectivity index (χ4n) is 4.05. The van der Waals surface area contributed by atoms with Crippen LogP contribution < -0.4 is 16.8 Å². The molecule has 2 aromatic carbocycles. The molecule has 0 unspecified atom stereocenters. The zero-order valence-electron chi connectivity index (χ0n) is 17.8. The third-order valence-electron chi connectivity index (χ3n) is 5.88. The molecule has 1 fully saturated rings. The molecular weight excluding hydrogens is 390 g/mol. The fraction of sp³-hybridized carbons (Fsp3) is 0.348. The summed E-state index contributed by atoms with van der Waals surface area (Å²) in [6.07, 6.45) is 2.36. The van der Waals surface area contributed by atoms with Crippen molar-refractivity contribution < 1.29 is 4.79 Å². The van der Waals surface area contributed by atoms with Crippen LogP contribution in [0.5, 0.6) is 0 Å². The maximum absolute atomic E-state index is 11.8. The van der Waals surface area contributed by atoms with Crippen molar-refractivity contribution in [2.45, 2.75) is 12.5 Å². The Hall–Kier alpha value is -3.23. The van der Waals surface area contributed by atoms with E-state index < -0.39 is 5.91 Å². The van der Waals surface area contributed by atoms with Crippen LogP contribution in [0.1, 0.15) is 28.4 Å². The van der Waals surface area contributed by atoms with Gasteiger partial charge in [0.1, 0.15) is 12.1 Å². The van der Waals surface area contributed by atoms with Crippen molar-refractivity contribution in [1.82, 2.24) is 19.8 Å². The number of nitrogens with two attached hydrogens (primary N) is 2. The van der Waals surface area contributed by atoms with Gasteiger partial charge in [-0.15, -0.1) is 0 Å². The zero-order valence-corrected chi connectivity index (χ0v) is 17.8. The van der Waals surface area contributed by atoms with Gasteiger partial charge in [0, 0.05) is 43.8 Å². The lowest BCUT2D eigenvalue weighted by molar-refractivity contribution is 0.100. The number of likely N-dealkylation sites (N-methyl/N-ethyl adjacent to an activating group) is 1. The van der Waals surface area contributed by atoms with Crippen LogP contribution in [0.25, 0.3) is 10.9 Å². The Morgan fingerprint density at radius 2 is 1.90 bits per heavy atom. The Kier molecular flexibility index (Phi) is 6.29. The van der Waals surface area contributed by atoms with Gasteiger partial charge in [-0.2, -0.15) is 0 Å². The lowest BCUT2D eigenvalue weighted by Gasteiger charge is -2.33. The molecule has 1 aliphatic heterocycles. The molecule has 1 amide bonds. The van der Waals surface area contributed by atoms with E-state index in [1.54, 1.807) is 12.1 Å². The summed E-state index contributed by atoms with van der Waals surface area (Å²) < 4.78 is 0. The highest BCUT2D eigenvalue weighted by molar-refractivity contribution is 6.06. The van der Waals surface area contributed by atoms with Crippen molar-refractivity contribution in [3.05, 3.63) is 59.9 Å². The average Bonchev–Trinajstić information content (AvgIpc) is 2.77. The Balaban J connectivity index is 1.61. The van der Waals surface area contributed by atoms with Crippen LogP contribution in [-0.2, 0) is 0 Å². The first-order chi connectivity index (χ1) is 15.0. The molecule has 4 rings (SSSR count). The van der Waals surface area contributed by atoms with Crippen molar-refractivity contribution in [2.24, 2.45) is 5.73 Å². The Bertz CT molecular complexity index is 1060. The highest BCUT2D eigenvalue weighted by Crippen LogP contribution is 2.28. The summed E-state index contributed by atoms with van der Waals surface area (Å²) in [5.74, 6) is 0.177. The second kappa shape index (κ2) is 9.28. The fourth-order valence-corrected chi connectivity index (χ4v) is 4.05. The van der Waals surface area contributed by atoms with E-state index in [-0.39, 0.29) is 6.04 Å². The molecule has 1 aliphatic rings. The normalized spacial score (nSPS) is 16.3. The molecule has 5 N–H and O–H groups in total. The molecule has 0 aliphatic carbocycles. The number of fused-ring (bicyclic) bond motifs is 1. The molecule has 2 heterocycles. The van der Waals surface area contributed by atoms with Crippen molar-refractivity contribution in [1.29, 1.82) is 0 Å². The lowest BCUT2D eigenvalue weighted by atomic mass is 10.0. The number of nitrogen functional groups attached to an aromatic ring is 1. The number of para-hydroxylation sites is 1. The molecule has 0 bridgehead atoms. The van der Waals surface area contributed by atoms with Crippen LogP contribution in [0.4, 0.5) is 11.5 Å². The molecule has 0 radical (unpaired) electrons. The van der Waals surface area contributed by atoms with E-state index in [1.807, 2.05) is 24.3 Å². The van der Waals surface area contributed by atoms with Crippen molar-refractivity contribution in [3.8, 4) is 0 Å². The first-order valence-corrected chi connectivity index (χ1v) is 10.6. The third kappa shape index (κ3) is 4.92. The minimum Gasteiger partial charge on any atom is -0.399 e. The minimum atomic E-state index is -0.502. The number of nitrogens with one attached hydrogen (secondary N) is 1. The van der Waals surface area contributed by atoms with E-state index in [0.29, 0.717) is 16.9 Å². The molecule has 8 heteroatoms. The summed E-state index contributed by atoms with van der Waals surface area (Å²) in [5, 5.41) is 4.35. The number of amides is 1. The van der Waals surface area contributed by atoms with Crippen LogP contribution in [0.2, 0.25) is 0 Å². The Morgan fingerprint density at radius 3 is 2.65 bits per heavy atom. The van der Waals surface area contributed by atoms with E-state index >= 15 is 0 Å². The van der Waals surface area contributed by atoms with Gasteiger partial charge in [0.05, 0.1) is 17.1 Å². The molecule has 162 valence electrons. The number of carbonyl (C=O) groups excluding carboxylic acids is 1. The molecule has 31 heavy (non-hydrogen) atoms. The summed E-state index contributed by atoms with van der Waals surface area (Å²) >= 11 is 0. The summed E-state index contributed by atoms with van der Waals surface area (Å²) in [6, 6.07) is 13.3. The van der Waals surface area contributed by atoms with Gasteiger partial charge < -0.3 is 26.6 Å². The van der Waals surface area contributed by atoms with Crippen LogP contribution in [-0.4, -0.2) is 65.4 Å². The Morgan fingerprint density at radius 1 is 1.13 bits per heavy atom. The van der Waals surface area contributed by atoms with Gasteiger partial charge in [-0.25, -0.2) is 9.97 Å². The number of hydrogen-bond acceptors (Lipinski definition) is 7. The van der Waals surface area contributed by atoms with Crippen LogP contribution in [0.15, 0.2) is 48.8 Å². The summed E-state index contributed by atoms with van der Waals surface area (Å²) in [6.45, 7) is 5.28. The second-order valence-corrected chi connectivity index (χ2v) is 8.09. The topological polar surface area (TPSA) is 113 Å². The van der Waals surface area contributed by atoms with Gasteiger partial charge in [-0.3, -0.25) is 4.79 Å². The SMILES string of the molecule is CN1CCN(CC[C@@H](Nc2ncnc3c(C(N)=O)cccc23)c2cccc(N)c2)CC1. The molecule has 0 saturated carbocycles. The number of benzene rings is 2. The van der Waals surface area contributed by atoms with Crippen LogP contribution >= 0.6 is 0 Å². The zero-order chi connectivity index (χ0) is 21.8. The van der Waals surface area contributed by atoms with Crippen molar-refractivity contribution >= 4 is 28.3 Å². The molecule has 8 nitrogen and oxygen atoms in total. The van der Waals surface area contributed by atoms with Crippen LogP contribution in [0, 0.1) is 0 Å². The molecular formula is C23H29N7O. The molecule has 3 aromatic rings. The largest absolute Gasteiger partial charge is 0.399 e.